The van der Waals surface area contributed by atoms with Crippen LogP contribution in [-0.4, -0.2) is 15.5 Å². The molecule has 0 spiro atoms. The number of carbonyl (C=O) groups excluding carboxylic acids is 1. The van der Waals surface area contributed by atoms with Crippen LogP contribution in [0, 0.1) is 5.82 Å². The van der Waals surface area contributed by atoms with Gasteiger partial charge in [0.15, 0.2) is 0 Å². The molecule has 6 heteroatoms. The van der Waals surface area contributed by atoms with Gasteiger partial charge in [0.1, 0.15) is 5.82 Å². The summed E-state index contributed by atoms with van der Waals surface area (Å²) in [5, 5.41) is 0. The third kappa shape index (κ3) is 1.78. The number of imidazole rings is 1. The molecule has 0 aliphatic rings. The van der Waals surface area contributed by atoms with Crippen LogP contribution in [0.3, 0.4) is 0 Å². The molecule has 100 valence electrons. The predicted octanol–water partition coefficient (Wildman–Crippen LogP) is 1.74. The maximum atomic E-state index is 13.7. The van der Waals surface area contributed by atoms with Gasteiger partial charge >= 0.3 is 5.69 Å². The lowest BCUT2D eigenvalue weighted by Gasteiger charge is -2.03. The van der Waals surface area contributed by atoms with E-state index in [1.807, 2.05) is 0 Å². The van der Waals surface area contributed by atoms with Crippen LogP contribution in [0.15, 0.2) is 47.3 Å². The number of fused-ring (bicyclic) bond motifs is 1. The fourth-order valence-electron chi connectivity index (χ4n) is 2.09. The Morgan fingerprint density at radius 3 is 2.70 bits per heavy atom. The zero-order valence-electron chi connectivity index (χ0n) is 10.3. The van der Waals surface area contributed by atoms with Crippen LogP contribution in [0.25, 0.3) is 11.0 Å². The molecule has 0 fully saturated rings. The number of halogens is 1. The Hall–Kier alpha value is -2.89. The van der Waals surface area contributed by atoms with Crippen LogP contribution in [-0.2, 0) is 0 Å². The van der Waals surface area contributed by atoms with Crippen LogP contribution in [0.5, 0.6) is 0 Å². The molecule has 5 nitrogen and oxygen atoms in total. The van der Waals surface area contributed by atoms with Crippen molar-refractivity contribution in [2.24, 2.45) is 0 Å². The Morgan fingerprint density at radius 1 is 1.20 bits per heavy atom. The molecule has 0 saturated carbocycles. The summed E-state index contributed by atoms with van der Waals surface area (Å²) in [6, 6.07) is 10.2. The Morgan fingerprint density at radius 2 is 1.95 bits per heavy atom. The fraction of sp³-hybridized carbons (Fsp3) is 0. The number of anilines is 1. The summed E-state index contributed by atoms with van der Waals surface area (Å²) in [6.07, 6.45) is 0. The smallest absolute Gasteiger partial charge is 0.333 e. The number of nitrogen functional groups attached to an aromatic ring is 1. The van der Waals surface area contributed by atoms with Crippen LogP contribution in [0.2, 0.25) is 0 Å². The second-order valence-electron chi connectivity index (χ2n) is 4.33. The van der Waals surface area contributed by atoms with Crippen LogP contribution < -0.4 is 11.4 Å². The van der Waals surface area contributed by atoms with E-state index >= 15 is 0 Å². The molecule has 3 rings (SSSR count). The zero-order valence-corrected chi connectivity index (χ0v) is 10.3. The molecule has 2 aromatic carbocycles. The van der Waals surface area contributed by atoms with Crippen molar-refractivity contribution in [3.8, 4) is 0 Å². The van der Waals surface area contributed by atoms with E-state index in [1.54, 1.807) is 18.2 Å². The lowest BCUT2D eigenvalue weighted by Crippen LogP contribution is -2.25. The van der Waals surface area contributed by atoms with E-state index in [1.165, 1.54) is 24.3 Å². The van der Waals surface area contributed by atoms with Crippen molar-refractivity contribution in [3.05, 3.63) is 64.3 Å². The summed E-state index contributed by atoms with van der Waals surface area (Å²) >= 11 is 0. The Bertz CT molecular complexity index is 880. The first-order valence-corrected chi connectivity index (χ1v) is 5.87. The second-order valence-corrected chi connectivity index (χ2v) is 4.33. The first-order valence-electron chi connectivity index (χ1n) is 5.87. The number of aromatic nitrogens is 2. The van der Waals surface area contributed by atoms with Gasteiger partial charge in [-0.1, -0.05) is 12.1 Å². The maximum absolute atomic E-state index is 13.7. The zero-order chi connectivity index (χ0) is 14.3. The third-order valence-corrected chi connectivity index (χ3v) is 3.01. The second kappa shape index (κ2) is 4.34. The summed E-state index contributed by atoms with van der Waals surface area (Å²) in [5.74, 6) is -1.39. The molecule has 20 heavy (non-hydrogen) atoms. The van der Waals surface area contributed by atoms with E-state index in [9.17, 15) is 14.0 Å². The number of hydrogen-bond donors (Lipinski definition) is 2. The number of carbonyl (C=O) groups is 1. The number of nitrogens with two attached hydrogens (primary N) is 1. The monoisotopic (exact) mass is 271 g/mol. The standard InChI is InChI=1S/C14H10FN3O2/c15-10-4-2-1-3-9(10)13(19)18-12-6-5-8(16)7-11(12)17-14(18)20/h1-7H,16H2,(H,17,20). The molecule has 0 atom stereocenters. The number of H-pyrrole nitrogens is 1. The molecule has 0 saturated heterocycles. The summed E-state index contributed by atoms with van der Waals surface area (Å²) in [4.78, 5) is 26.7. The summed E-state index contributed by atoms with van der Waals surface area (Å²) in [6.45, 7) is 0. The van der Waals surface area contributed by atoms with Gasteiger partial charge in [0.25, 0.3) is 5.91 Å². The average molecular weight is 271 g/mol. The molecule has 3 N–H and O–H groups in total. The fourth-order valence-corrected chi connectivity index (χ4v) is 2.09. The first kappa shape index (κ1) is 12.2. The van der Waals surface area contributed by atoms with E-state index in [0.717, 1.165) is 4.57 Å². The molecule has 1 aromatic heterocycles. The van der Waals surface area contributed by atoms with Gasteiger partial charge in [-0.3, -0.25) is 4.79 Å². The van der Waals surface area contributed by atoms with E-state index in [-0.39, 0.29) is 5.56 Å². The maximum Gasteiger partial charge on any atom is 0.333 e. The Balaban J connectivity index is 2.25. The van der Waals surface area contributed by atoms with E-state index < -0.39 is 17.4 Å². The molecule has 0 amide bonds. The van der Waals surface area contributed by atoms with Crippen LogP contribution in [0.1, 0.15) is 10.4 Å². The van der Waals surface area contributed by atoms with Crippen molar-refractivity contribution < 1.29 is 9.18 Å². The minimum absolute atomic E-state index is 0.160. The SMILES string of the molecule is Nc1ccc2c(c1)[nH]c(=O)n2C(=O)c1ccccc1F. The van der Waals surface area contributed by atoms with Gasteiger partial charge in [0.05, 0.1) is 16.6 Å². The highest BCUT2D eigenvalue weighted by molar-refractivity contribution is 6.01. The van der Waals surface area contributed by atoms with Crippen molar-refractivity contribution in [1.82, 2.24) is 9.55 Å². The quantitative estimate of drug-likeness (QED) is 0.661. The topological polar surface area (TPSA) is 80.9 Å². The minimum atomic E-state index is -0.718. The van der Waals surface area contributed by atoms with Crippen molar-refractivity contribution in [2.75, 3.05) is 5.73 Å². The molecule has 0 bridgehead atoms. The Kier molecular flexibility index (Phi) is 2.64. The minimum Gasteiger partial charge on any atom is -0.399 e. The van der Waals surface area contributed by atoms with Crippen molar-refractivity contribution in [1.29, 1.82) is 0 Å². The van der Waals surface area contributed by atoms with E-state index in [4.69, 9.17) is 5.73 Å². The van der Waals surface area contributed by atoms with Gasteiger partial charge in [-0.05, 0) is 30.3 Å². The van der Waals surface area contributed by atoms with Gasteiger partial charge in [0.2, 0.25) is 0 Å². The van der Waals surface area contributed by atoms with Crippen LogP contribution >= 0.6 is 0 Å². The van der Waals surface area contributed by atoms with Gasteiger partial charge < -0.3 is 10.7 Å². The molecule has 0 aliphatic carbocycles. The molecule has 0 unspecified atom stereocenters. The predicted molar refractivity (Wildman–Crippen MR) is 73.1 cm³/mol. The first-order chi connectivity index (χ1) is 9.58. The highest BCUT2D eigenvalue weighted by Crippen LogP contribution is 2.16. The highest BCUT2D eigenvalue weighted by atomic mass is 19.1. The largest absolute Gasteiger partial charge is 0.399 e. The lowest BCUT2D eigenvalue weighted by atomic mass is 10.2. The molecule has 0 aliphatic heterocycles. The van der Waals surface area contributed by atoms with Crippen LogP contribution in [0.4, 0.5) is 10.1 Å². The van der Waals surface area contributed by atoms with Gasteiger partial charge in [0, 0.05) is 5.69 Å². The number of nitrogens with one attached hydrogen (secondary N) is 1. The lowest BCUT2D eigenvalue weighted by molar-refractivity contribution is 0.0957. The Labute approximate surface area is 112 Å². The number of aromatic amines is 1. The van der Waals surface area contributed by atoms with Crippen molar-refractivity contribution >= 4 is 22.6 Å². The number of hydrogen-bond acceptors (Lipinski definition) is 3. The summed E-state index contributed by atoms with van der Waals surface area (Å²) in [5.41, 5.74) is 6.08. The molecule has 3 aromatic rings. The molecular formula is C14H10FN3O2. The van der Waals surface area contributed by atoms with Gasteiger partial charge in [-0.2, -0.15) is 0 Å². The summed E-state index contributed by atoms with van der Waals surface area (Å²) < 4.78 is 14.6. The number of rotatable bonds is 1. The van der Waals surface area contributed by atoms with E-state index in [2.05, 4.69) is 4.98 Å². The van der Waals surface area contributed by atoms with Gasteiger partial charge in [-0.15, -0.1) is 0 Å². The number of benzene rings is 2. The number of nitrogens with zero attached hydrogens (tertiary/aromatic N) is 1. The van der Waals surface area contributed by atoms with Crippen molar-refractivity contribution in [3.63, 3.8) is 0 Å². The summed E-state index contributed by atoms with van der Waals surface area (Å²) in [7, 11) is 0. The molecular weight excluding hydrogens is 261 g/mol. The van der Waals surface area contributed by atoms with E-state index in [0.29, 0.717) is 16.7 Å². The van der Waals surface area contributed by atoms with Gasteiger partial charge in [-0.25, -0.2) is 13.8 Å². The average Bonchev–Trinajstić information content (AvgIpc) is 2.73. The highest BCUT2D eigenvalue weighted by Gasteiger charge is 2.18. The normalized spacial score (nSPS) is 10.8. The molecule has 0 radical (unpaired) electrons. The third-order valence-electron chi connectivity index (χ3n) is 3.01. The molecule has 1 heterocycles. The van der Waals surface area contributed by atoms with Crippen molar-refractivity contribution in [2.45, 2.75) is 0 Å².